The Morgan fingerprint density at radius 3 is 2.95 bits per heavy atom. The number of anilines is 1. The Kier molecular flexibility index (Phi) is 2.41. The molecule has 3 rings (SSSR count). The molecule has 1 aromatic heterocycles. The summed E-state index contributed by atoms with van der Waals surface area (Å²) in [6.07, 6.45) is -1.35. The number of aliphatic hydroxyl groups excluding tert-OH is 1. The summed E-state index contributed by atoms with van der Waals surface area (Å²) < 4.78 is 11.6. The number of hydrogen-bond acceptors (Lipinski definition) is 7. The number of hydrogen-bond donors (Lipinski definition) is 2. The molecule has 19 heavy (non-hydrogen) atoms. The predicted molar refractivity (Wildman–Crippen MR) is 61.9 cm³/mol. The topological polar surface area (TPSA) is 117 Å². The van der Waals surface area contributed by atoms with E-state index in [4.69, 9.17) is 15.2 Å². The first-order valence-corrected chi connectivity index (χ1v) is 5.80. The SMILES string of the molecule is CC12C(=O)OC[C@H]1OC(n1ccc(N)nc1=O)[C@H]2O. The molecule has 0 spiro atoms. The molecule has 0 aliphatic carbocycles. The molecule has 2 unspecified atom stereocenters. The molecule has 3 heterocycles. The van der Waals surface area contributed by atoms with Crippen LogP contribution in [0.15, 0.2) is 17.1 Å². The van der Waals surface area contributed by atoms with E-state index in [0.29, 0.717) is 0 Å². The van der Waals surface area contributed by atoms with E-state index in [-0.39, 0.29) is 12.4 Å². The van der Waals surface area contributed by atoms with Crippen LogP contribution in [0.4, 0.5) is 5.82 Å². The first-order chi connectivity index (χ1) is 8.94. The van der Waals surface area contributed by atoms with E-state index >= 15 is 0 Å². The fraction of sp³-hybridized carbons (Fsp3) is 0.545. The highest BCUT2D eigenvalue weighted by atomic mass is 16.6. The third-order valence-electron chi connectivity index (χ3n) is 3.79. The number of fused-ring (bicyclic) bond motifs is 1. The van der Waals surface area contributed by atoms with Crippen LogP contribution in [0.1, 0.15) is 13.2 Å². The zero-order valence-electron chi connectivity index (χ0n) is 10.1. The van der Waals surface area contributed by atoms with Gasteiger partial charge in [0.25, 0.3) is 0 Å². The Morgan fingerprint density at radius 1 is 1.58 bits per heavy atom. The second-order valence-corrected chi connectivity index (χ2v) is 4.88. The molecule has 3 N–H and O–H groups in total. The van der Waals surface area contributed by atoms with Crippen molar-refractivity contribution >= 4 is 11.8 Å². The average molecular weight is 267 g/mol. The number of ether oxygens (including phenoxy) is 2. The highest BCUT2D eigenvalue weighted by molar-refractivity contribution is 5.80. The Labute approximate surface area is 107 Å². The zero-order valence-corrected chi connectivity index (χ0v) is 10.1. The maximum Gasteiger partial charge on any atom is 0.351 e. The van der Waals surface area contributed by atoms with Crippen LogP contribution in [0, 0.1) is 5.41 Å². The lowest BCUT2D eigenvalue weighted by Crippen LogP contribution is -2.42. The zero-order chi connectivity index (χ0) is 13.8. The predicted octanol–water partition coefficient (Wildman–Crippen LogP) is -1.35. The number of carbonyl (C=O) groups excluding carboxylic acids is 1. The Balaban J connectivity index is 2.01. The van der Waals surface area contributed by atoms with Gasteiger partial charge in [0, 0.05) is 6.20 Å². The van der Waals surface area contributed by atoms with Crippen molar-refractivity contribution in [1.29, 1.82) is 0 Å². The van der Waals surface area contributed by atoms with Crippen LogP contribution in [-0.4, -0.2) is 39.4 Å². The molecule has 2 saturated heterocycles. The van der Waals surface area contributed by atoms with E-state index in [9.17, 15) is 14.7 Å². The van der Waals surface area contributed by atoms with Crippen LogP contribution >= 0.6 is 0 Å². The highest BCUT2D eigenvalue weighted by Crippen LogP contribution is 2.47. The molecule has 4 atom stereocenters. The fourth-order valence-corrected chi connectivity index (χ4v) is 2.48. The summed E-state index contributed by atoms with van der Waals surface area (Å²) in [5.74, 6) is -0.441. The number of nitrogen functional groups attached to an aromatic ring is 1. The summed E-state index contributed by atoms with van der Waals surface area (Å²) in [5, 5.41) is 10.3. The molecule has 0 aromatic carbocycles. The van der Waals surface area contributed by atoms with Gasteiger partial charge < -0.3 is 20.3 Å². The molecule has 0 radical (unpaired) electrons. The van der Waals surface area contributed by atoms with Crippen molar-refractivity contribution in [3.8, 4) is 0 Å². The van der Waals surface area contributed by atoms with E-state index < -0.39 is 35.5 Å². The quantitative estimate of drug-likeness (QED) is 0.604. The molecule has 8 heteroatoms. The first kappa shape index (κ1) is 12.1. The van der Waals surface area contributed by atoms with E-state index in [1.165, 1.54) is 12.3 Å². The van der Waals surface area contributed by atoms with Crippen LogP contribution < -0.4 is 11.4 Å². The van der Waals surface area contributed by atoms with Gasteiger partial charge in [-0.3, -0.25) is 9.36 Å². The molecule has 102 valence electrons. The van der Waals surface area contributed by atoms with E-state index in [1.54, 1.807) is 6.92 Å². The third-order valence-corrected chi connectivity index (χ3v) is 3.79. The largest absolute Gasteiger partial charge is 0.462 e. The van der Waals surface area contributed by atoms with Crippen LogP contribution in [0.25, 0.3) is 0 Å². The van der Waals surface area contributed by atoms with Crippen molar-refractivity contribution in [2.24, 2.45) is 5.41 Å². The van der Waals surface area contributed by atoms with Crippen molar-refractivity contribution in [2.75, 3.05) is 12.3 Å². The second-order valence-electron chi connectivity index (χ2n) is 4.88. The monoisotopic (exact) mass is 267 g/mol. The molecule has 0 bridgehead atoms. The van der Waals surface area contributed by atoms with Crippen LogP contribution in [0.2, 0.25) is 0 Å². The Bertz CT molecular complexity index is 600. The van der Waals surface area contributed by atoms with E-state index in [1.807, 2.05) is 0 Å². The van der Waals surface area contributed by atoms with Crippen molar-refractivity contribution in [3.05, 3.63) is 22.7 Å². The molecule has 0 saturated carbocycles. The third kappa shape index (κ3) is 1.50. The maximum atomic E-state index is 11.7. The molecule has 2 aliphatic rings. The van der Waals surface area contributed by atoms with Crippen molar-refractivity contribution in [2.45, 2.75) is 25.4 Å². The molecular weight excluding hydrogens is 254 g/mol. The Morgan fingerprint density at radius 2 is 2.32 bits per heavy atom. The Hall–Kier alpha value is -1.93. The van der Waals surface area contributed by atoms with Crippen LogP contribution in [0.5, 0.6) is 0 Å². The number of carbonyl (C=O) groups is 1. The number of esters is 1. The molecule has 2 fully saturated rings. The smallest absolute Gasteiger partial charge is 0.351 e. The van der Waals surface area contributed by atoms with Gasteiger partial charge in [-0.05, 0) is 13.0 Å². The van der Waals surface area contributed by atoms with Gasteiger partial charge in [0.2, 0.25) is 0 Å². The lowest BCUT2D eigenvalue weighted by molar-refractivity contribution is -0.151. The number of nitrogens with zero attached hydrogens (tertiary/aromatic N) is 2. The number of aliphatic hydroxyl groups is 1. The van der Waals surface area contributed by atoms with Crippen molar-refractivity contribution in [3.63, 3.8) is 0 Å². The van der Waals surface area contributed by atoms with Gasteiger partial charge >= 0.3 is 11.7 Å². The van der Waals surface area contributed by atoms with E-state index in [2.05, 4.69) is 4.98 Å². The molecule has 8 nitrogen and oxygen atoms in total. The highest BCUT2D eigenvalue weighted by Gasteiger charge is 2.63. The van der Waals surface area contributed by atoms with Gasteiger partial charge in [-0.25, -0.2) is 4.79 Å². The van der Waals surface area contributed by atoms with Crippen molar-refractivity contribution in [1.82, 2.24) is 9.55 Å². The lowest BCUT2D eigenvalue weighted by atomic mass is 9.82. The van der Waals surface area contributed by atoms with Crippen LogP contribution in [-0.2, 0) is 14.3 Å². The summed E-state index contributed by atoms with van der Waals surface area (Å²) in [6.45, 7) is 1.63. The summed E-state index contributed by atoms with van der Waals surface area (Å²) in [5.41, 5.74) is 3.60. The average Bonchev–Trinajstić information content (AvgIpc) is 2.77. The van der Waals surface area contributed by atoms with Gasteiger partial charge in [0.05, 0.1) is 0 Å². The normalized spacial score (nSPS) is 37.2. The minimum absolute atomic E-state index is 0.0695. The summed E-state index contributed by atoms with van der Waals surface area (Å²) in [4.78, 5) is 27.0. The molecular formula is C11H13N3O5. The number of rotatable bonds is 1. The van der Waals surface area contributed by atoms with Gasteiger partial charge in [0.15, 0.2) is 6.23 Å². The second kappa shape index (κ2) is 3.78. The number of aromatic nitrogens is 2. The summed E-state index contributed by atoms with van der Waals surface area (Å²) >= 11 is 0. The van der Waals surface area contributed by atoms with Gasteiger partial charge in [-0.2, -0.15) is 4.98 Å². The van der Waals surface area contributed by atoms with Crippen LogP contribution in [0.3, 0.4) is 0 Å². The van der Waals surface area contributed by atoms with E-state index in [0.717, 1.165) is 4.57 Å². The number of nitrogens with two attached hydrogens (primary N) is 1. The minimum Gasteiger partial charge on any atom is -0.462 e. The number of cyclic esters (lactones) is 1. The van der Waals surface area contributed by atoms with Gasteiger partial charge in [-0.1, -0.05) is 0 Å². The van der Waals surface area contributed by atoms with Crippen molar-refractivity contribution < 1.29 is 19.4 Å². The van der Waals surface area contributed by atoms with Gasteiger partial charge in [-0.15, -0.1) is 0 Å². The first-order valence-electron chi connectivity index (χ1n) is 5.80. The molecule has 0 amide bonds. The fourth-order valence-electron chi connectivity index (χ4n) is 2.48. The maximum absolute atomic E-state index is 11.7. The molecule has 1 aromatic rings. The minimum atomic E-state index is -1.18. The van der Waals surface area contributed by atoms with Gasteiger partial charge in [0.1, 0.15) is 30.0 Å². The molecule has 2 aliphatic heterocycles. The summed E-state index contributed by atoms with van der Waals surface area (Å²) in [7, 11) is 0. The summed E-state index contributed by atoms with van der Waals surface area (Å²) in [6, 6.07) is 1.42. The standard InChI is InChI=1S/C11H13N3O5/c1-11-5(4-18-9(11)16)19-8(7(11)15)14-3-2-6(12)13-10(14)17/h2-3,5,7-8,15H,4H2,1H3,(H2,12,13,17)/t5-,7-,8?,11?/m1/s1. The lowest BCUT2D eigenvalue weighted by Gasteiger charge is -2.23.